The summed E-state index contributed by atoms with van der Waals surface area (Å²) in [7, 11) is 2.14. The Hall–Kier alpha value is -4.58. The third-order valence-corrected chi connectivity index (χ3v) is 7.27. The highest BCUT2D eigenvalue weighted by Gasteiger charge is 2.20. The number of nitrogens with one attached hydrogen (secondary N) is 3. The molecule has 1 fully saturated rings. The van der Waals surface area contributed by atoms with E-state index in [-0.39, 0.29) is 12.5 Å². The number of nitrogens with zero attached hydrogens (tertiary/aromatic N) is 7. The SMILES string of the molecule is CN1CCN(c2ccc(CNc3ncc4c(-c5ccn6ncc(C(=O)NCC(C)(C)F)c6c5)c[nH]c4n3)cn2)CC1. The summed E-state index contributed by atoms with van der Waals surface area (Å²) in [6.07, 6.45) is 8.83. The Balaban J connectivity index is 1.15. The van der Waals surface area contributed by atoms with Gasteiger partial charge >= 0.3 is 0 Å². The number of anilines is 2. The van der Waals surface area contributed by atoms with E-state index in [4.69, 9.17) is 0 Å². The lowest BCUT2D eigenvalue weighted by atomic mass is 10.1. The predicted molar refractivity (Wildman–Crippen MR) is 157 cm³/mol. The van der Waals surface area contributed by atoms with E-state index >= 15 is 0 Å². The van der Waals surface area contributed by atoms with Gasteiger partial charge < -0.3 is 25.4 Å². The van der Waals surface area contributed by atoms with Gasteiger partial charge in [-0.2, -0.15) is 10.1 Å². The summed E-state index contributed by atoms with van der Waals surface area (Å²) in [6, 6.07) is 7.95. The van der Waals surface area contributed by atoms with Crippen LogP contribution in [0.15, 0.2) is 55.2 Å². The molecule has 12 heteroatoms. The molecule has 0 bridgehead atoms. The number of hydrogen-bond donors (Lipinski definition) is 3. The van der Waals surface area contributed by atoms with Crippen LogP contribution in [0.4, 0.5) is 16.2 Å². The van der Waals surface area contributed by atoms with Gasteiger partial charge in [0.05, 0.1) is 23.8 Å². The van der Waals surface area contributed by atoms with Gasteiger partial charge in [0.25, 0.3) is 5.91 Å². The minimum atomic E-state index is -1.51. The largest absolute Gasteiger partial charge is 0.354 e. The molecular weight excluding hydrogens is 523 g/mol. The first-order chi connectivity index (χ1) is 19.7. The zero-order valence-corrected chi connectivity index (χ0v) is 23.4. The van der Waals surface area contributed by atoms with Crippen LogP contribution in [0.3, 0.4) is 0 Å². The molecule has 5 aromatic rings. The number of aromatic amines is 1. The van der Waals surface area contributed by atoms with Crippen molar-refractivity contribution in [2.75, 3.05) is 50.0 Å². The van der Waals surface area contributed by atoms with E-state index in [0.29, 0.717) is 29.2 Å². The van der Waals surface area contributed by atoms with Crippen LogP contribution in [-0.4, -0.2) is 85.8 Å². The Kier molecular flexibility index (Phi) is 7.00. The average Bonchev–Trinajstić information content (AvgIpc) is 3.59. The maximum absolute atomic E-state index is 13.9. The monoisotopic (exact) mass is 556 g/mol. The second kappa shape index (κ2) is 10.8. The van der Waals surface area contributed by atoms with Crippen LogP contribution in [0, 0.1) is 0 Å². The molecule has 11 nitrogen and oxygen atoms in total. The normalized spacial score (nSPS) is 14.6. The van der Waals surface area contributed by atoms with Crippen LogP contribution in [0.1, 0.15) is 29.8 Å². The van der Waals surface area contributed by atoms with E-state index in [1.807, 2.05) is 24.5 Å². The molecule has 41 heavy (non-hydrogen) atoms. The van der Waals surface area contributed by atoms with Crippen molar-refractivity contribution in [2.24, 2.45) is 0 Å². The van der Waals surface area contributed by atoms with E-state index in [1.165, 1.54) is 20.0 Å². The Labute approximate surface area is 236 Å². The number of alkyl halides is 1. The van der Waals surface area contributed by atoms with Crippen molar-refractivity contribution in [3.8, 4) is 11.1 Å². The van der Waals surface area contributed by atoms with E-state index in [9.17, 15) is 9.18 Å². The van der Waals surface area contributed by atoms with Gasteiger partial charge in [-0.15, -0.1) is 0 Å². The summed E-state index contributed by atoms with van der Waals surface area (Å²) >= 11 is 0. The molecule has 1 amide bonds. The van der Waals surface area contributed by atoms with Crippen molar-refractivity contribution >= 4 is 34.2 Å². The molecule has 1 aliphatic rings. The number of carbonyl (C=O) groups is 1. The number of carbonyl (C=O) groups excluding carboxylic acids is 1. The van der Waals surface area contributed by atoms with Crippen LogP contribution in [0.25, 0.3) is 27.7 Å². The zero-order valence-electron chi connectivity index (χ0n) is 23.4. The number of halogens is 1. The van der Waals surface area contributed by atoms with Crippen molar-refractivity contribution in [3.05, 3.63) is 66.4 Å². The third-order valence-electron chi connectivity index (χ3n) is 7.27. The molecular formula is C29H33FN10O. The fourth-order valence-electron chi connectivity index (χ4n) is 4.87. The highest BCUT2D eigenvalue weighted by atomic mass is 19.1. The number of piperazine rings is 1. The minimum absolute atomic E-state index is 0.0859. The Morgan fingerprint density at radius 1 is 1.10 bits per heavy atom. The average molecular weight is 557 g/mol. The van der Waals surface area contributed by atoms with Gasteiger partial charge in [0, 0.05) is 68.5 Å². The summed E-state index contributed by atoms with van der Waals surface area (Å²) in [5, 5.41) is 11.0. The van der Waals surface area contributed by atoms with E-state index < -0.39 is 5.67 Å². The van der Waals surface area contributed by atoms with E-state index in [2.05, 4.69) is 64.6 Å². The lowest BCUT2D eigenvalue weighted by molar-refractivity contribution is 0.0922. The number of H-pyrrole nitrogens is 1. The number of aromatic nitrogens is 6. The molecule has 0 unspecified atom stereocenters. The molecule has 6 heterocycles. The molecule has 0 spiro atoms. The Morgan fingerprint density at radius 2 is 1.93 bits per heavy atom. The van der Waals surface area contributed by atoms with Crippen molar-refractivity contribution in [3.63, 3.8) is 0 Å². The zero-order chi connectivity index (χ0) is 28.6. The molecule has 1 aliphatic heterocycles. The third kappa shape index (κ3) is 5.82. The number of pyridine rings is 2. The topological polar surface area (TPSA) is 119 Å². The number of rotatable bonds is 8. The van der Waals surface area contributed by atoms with Gasteiger partial charge in [0.2, 0.25) is 5.95 Å². The van der Waals surface area contributed by atoms with Gasteiger partial charge in [0.1, 0.15) is 17.1 Å². The van der Waals surface area contributed by atoms with Crippen molar-refractivity contribution in [2.45, 2.75) is 26.1 Å². The first-order valence-corrected chi connectivity index (χ1v) is 13.6. The lowest BCUT2D eigenvalue weighted by Crippen LogP contribution is -2.44. The number of amides is 1. The van der Waals surface area contributed by atoms with Crippen LogP contribution in [0.5, 0.6) is 0 Å². The first-order valence-electron chi connectivity index (χ1n) is 13.6. The maximum Gasteiger partial charge on any atom is 0.255 e. The quantitative estimate of drug-likeness (QED) is 0.266. The molecule has 3 N–H and O–H groups in total. The smallest absolute Gasteiger partial charge is 0.255 e. The summed E-state index contributed by atoms with van der Waals surface area (Å²) in [5.41, 5.74) is 3.01. The van der Waals surface area contributed by atoms with Gasteiger partial charge in [-0.3, -0.25) is 4.79 Å². The first kappa shape index (κ1) is 26.6. The highest BCUT2D eigenvalue weighted by Crippen LogP contribution is 2.29. The Morgan fingerprint density at radius 3 is 2.68 bits per heavy atom. The molecule has 0 radical (unpaired) electrons. The molecule has 0 saturated carbocycles. The number of fused-ring (bicyclic) bond motifs is 2. The van der Waals surface area contributed by atoms with Crippen LogP contribution in [0.2, 0.25) is 0 Å². The second-order valence-electron chi connectivity index (χ2n) is 11.0. The van der Waals surface area contributed by atoms with Gasteiger partial charge in [-0.05, 0) is 50.2 Å². The summed E-state index contributed by atoms with van der Waals surface area (Å²) in [6.45, 7) is 7.37. The standard InChI is InChI=1S/C29H33FN10O/c1-29(2,30)18-35-27(41)23-17-36-40-7-6-20(12-24(23)40)21-15-32-26-22(21)16-34-28(37-26)33-14-19-4-5-25(31-13-19)39-10-8-38(3)9-11-39/h4-7,12-13,15-17H,8-11,14,18H2,1-3H3,(H,35,41)(H2,32,33,34,37). The van der Waals surface area contributed by atoms with Gasteiger partial charge in [-0.25, -0.2) is 18.9 Å². The fourth-order valence-corrected chi connectivity index (χ4v) is 4.87. The molecule has 0 atom stereocenters. The fraction of sp³-hybridized carbons (Fsp3) is 0.345. The molecule has 1 saturated heterocycles. The molecule has 212 valence electrons. The number of likely N-dealkylation sites (N-methyl/N-ethyl adjacent to an activating group) is 1. The molecule has 5 aromatic heterocycles. The van der Waals surface area contributed by atoms with Crippen molar-refractivity contribution < 1.29 is 9.18 Å². The lowest BCUT2D eigenvalue weighted by Gasteiger charge is -2.33. The summed E-state index contributed by atoms with van der Waals surface area (Å²) in [4.78, 5) is 34.4. The maximum atomic E-state index is 13.9. The molecule has 6 rings (SSSR count). The highest BCUT2D eigenvalue weighted by molar-refractivity contribution is 6.02. The van der Waals surface area contributed by atoms with E-state index in [1.54, 1.807) is 16.9 Å². The van der Waals surface area contributed by atoms with Gasteiger partial charge in [-0.1, -0.05) is 6.07 Å². The van der Waals surface area contributed by atoms with E-state index in [0.717, 1.165) is 54.1 Å². The second-order valence-corrected chi connectivity index (χ2v) is 11.0. The van der Waals surface area contributed by atoms with Gasteiger partial charge in [0.15, 0.2) is 0 Å². The molecule has 0 aromatic carbocycles. The van der Waals surface area contributed by atoms with Crippen LogP contribution < -0.4 is 15.5 Å². The van der Waals surface area contributed by atoms with Crippen molar-refractivity contribution in [1.82, 2.24) is 39.8 Å². The summed E-state index contributed by atoms with van der Waals surface area (Å²) in [5.74, 6) is 1.14. The molecule has 0 aliphatic carbocycles. The van der Waals surface area contributed by atoms with Crippen LogP contribution >= 0.6 is 0 Å². The minimum Gasteiger partial charge on any atom is -0.354 e. The van der Waals surface area contributed by atoms with Crippen LogP contribution in [-0.2, 0) is 6.54 Å². The summed E-state index contributed by atoms with van der Waals surface area (Å²) < 4.78 is 15.5. The Bertz CT molecular complexity index is 1680. The van der Waals surface area contributed by atoms with Crippen molar-refractivity contribution in [1.29, 1.82) is 0 Å². The number of hydrogen-bond acceptors (Lipinski definition) is 8. The predicted octanol–water partition coefficient (Wildman–Crippen LogP) is 3.51.